The molecule has 0 spiro atoms. The van der Waals surface area contributed by atoms with E-state index in [9.17, 15) is 0 Å². The van der Waals surface area contributed by atoms with Crippen molar-refractivity contribution < 1.29 is 0 Å². The van der Waals surface area contributed by atoms with Gasteiger partial charge in [0.2, 0.25) is 0 Å². The van der Waals surface area contributed by atoms with Crippen LogP contribution in [0.5, 0.6) is 0 Å². The third-order valence-corrected chi connectivity index (χ3v) is 3.34. The molecule has 3 unspecified atom stereocenters. The largest absolute Gasteiger partial charge is 0.365 e. The molecule has 0 radical (unpaired) electrons. The third-order valence-electron chi connectivity index (χ3n) is 3.34. The Hall–Kier alpha value is -1.09. The van der Waals surface area contributed by atoms with Crippen molar-refractivity contribution in [1.82, 2.24) is 10.3 Å². The first kappa shape index (κ1) is 8.24. The second kappa shape index (κ2) is 2.95. The molecule has 2 N–H and O–H groups in total. The van der Waals surface area contributed by atoms with Crippen LogP contribution in [-0.2, 0) is 0 Å². The van der Waals surface area contributed by atoms with Crippen LogP contribution >= 0.6 is 0 Å². The van der Waals surface area contributed by atoms with Crippen LogP contribution in [0.25, 0.3) is 0 Å². The summed E-state index contributed by atoms with van der Waals surface area (Å²) in [5.74, 6) is 1.84. The molecule has 1 aliphatic carbocycles. The Labute approximate surface area is 83.9 Å². The quantitative estimate of drug-likeness (QED) is 0.733. The van der Waals surface area contributed by atoms with Gasteiger partial charge in [0, 0.05) is 24.3 Å². The lowest BCUT2D eigenvalue weighted by Crippen LogP contribution is -2.47. The van der Waals surface area contributed by atoms with Crippen LogP contribution in [0, 0.1) is 12.8 Å². The van der Waals surface area contributed by atoms with Crippen molar-refractivity contribution in [1.29, 1.82) is 0 Å². The maximum Gasteiger partial charge on any atom is 0.126 e. The van der Waals surface area contributed by atoms with Crippen LogP contribution in [0.1, 0.15) is 12.1 Å². The number of aromatic nitrogens is 1. The number of hydrogen-bond acceptors (Lipinski definition) is 3. The van der Waals surface area contributed by atoms with E-state index >= 15 is 0 Å². The summed E-state index contributed by atoms with van der Waals surface area (Å²) in [6.07, 6.45) is 1.34. The van der Waals surface area contributed by atoms with E-state index in [0.29, 0.717) is 12.1 Å². The second-order valence-electron chi connectivity index (χ2n) is 4.34. The van der Waals surface area contributed by atoms with Gasteiger partial charge in [-0.15, -0.1) is 0 Å². The molecule has 3 fully saturated rings. The topological polar surface area (TPSA) is 37.0 Å². The summed E-state index contributed by atoms with van der Waals surface area (Å²) in [5.41, 5.74) is 1.08. The van der Waals surface area contributed by atoms with Crippen LogP contribution in [0.2, 0.25) is 0 Å². The highest BCUT2D eigenvalue weighted by molar-refractivity contribution is 5.39. The summed E-state index contributed by atoms with van der Waals surface area (Å²) < 4.78 is 0. The maximum absolute atomic E-state index is 4.45. The Morgan fingerprint density at radius 3 is 3.07 bits per heavy atom. The predicted octanol–water partition coefficient (Wildman–Crippen LogP) is 1.16. The van der Waals surface area contributed by atoms with E-state index in [0.717, 1.165) is 17.4 Å². The molecular weight excluding hydrogens is 174 g/mol. The molecule has 74 valence electrons. The highest BCUT2D eigenvalue weighted by Crippen LogP contribution is 2.35. The minimum atomic E-state index is 0.615. The zero-order valence-electron chi connectivity index (χ0n) is 8.33. The van der Waals surface area contributed by atoms with Gasteiger partial charge in [-0.25, -0.2) is 4.98 Å². The fourth-order valence-corrected chi connectivity index (χ4v) is 2.49. The van der Waals surface area contributed by atoms with Gasteiger partial charge in [0.25, 0.3) is 0 Å². The lowest BCUT2D eigenvalue weighted by molar-refractivity contribution is 0.326. The Morgan fingerprint density at radius 2 is 2.43 bits per heavy atom. The lowest BCUT2D eigenvalue weighted by Gasteiger charge is -2.35. The zero-order valence-corrected chi connectivity index (χ0v) is 8.33. The molecule has 2 saturated heterocycles. The minimum absolute atomic E-state index is 0.615. The minimum Gasteiger partial charge on any atom is -0.365 e. The Morgan fingerprint density at radius 1 is 1.50 bits per heavy atom. The van der Waals surface area contributed by atoms with Gasteiger partial charge in [-0.1, -0.05) is 6.07 Å². The summed E-state index contributed by atoms with van der Waals surface area (Å²) in [5, 5.41) is 7.00. The number of hydrogen-bond donors (Lipinski definition) is 2. The number of rotatable bonds is 2. The molecule has 0 amide bonds. The fourth-order valence-electron chi connectivity index (χ4n) is 2.49. The van der Waals surface area contributed by atoms with Crippen LogP contribution in [-0.4, -0.2) is 23.6 Å². The molecule has 14 heavy (non-hydrogen) atoms. The van der Waals surface area contributed by atoms with Crippen LogP contribution in [0.15, 0.2) is 18.2 Å². The van der Waals surface area contributed by atoms with E-state index in [1.165, 1.54) is 13.0 Å². The Bertz CT molecular complexity index is 336. The zero-order chi connectivity index (χ0) is 9.54. The number of aryl methyl sites for hydroxylation is 1. The van der Waals surface area contributed by atoms with E-state index in [4.69, 9.17) is 0 Å². The predicted molar refractivity (Wildman–Crippen MR) is 56.3 cm³/mol. The maximum atomic E-state index is 4.45. The van der Waals surface area contributed by atoms with Gasteiger partial charge in [0.05, 0.1) is 0 Å². The molecule has 1 aromatic heterocycles. The molecule has 3 nitrogen and oxygen atoms in total. The Kier molecular flexibility index (Phi) is 1.74. The summed E-state index contributed by atoms with van der Waals surface area (Å²) in [6.45, 7) is 3.20. The van der Waals surface area contributed by atoms with Gasteiger partial charge in [-0.05, 0) is 31.4 Å². The van der Waals surface area contributed by atoms with Gasteiger partial charge in [-0.2, -0.15) is 0 Å². The standard InChI is InChI=1S/C11H15N3/c1-7-3-2-4-10(13-7)14-11-8-5-9(11)12-6-8/h2-4,8-9,11-12H,5-6H2,1H3,(H,13,14). The molecule has 3 atom stereocenters. The lowest BCUT2D eigenvalue weighted by atomic mass is 9.80. The molecule has 2 bridgehead atoms. The number of fused-ring (bicyclic) bond motifs is 1. The molecule has 4 rings (SSSR count). The highest BCUT2D eigenvalue weighted by atomic mass is 15.2. The molecule has 0 aromatic carbocycles. The summed E-state index contributed by atoms with van der Waals surface area (Å²) in [7, 11) is 0. The van der Waals surface area contributed by atoms with Gasteiger partial charge in [-0.3, -0.25) is 0 Å². The molecule has 3 heterocycles. The van der Waals surface area contributed by atoms with Crippen LogP contribution < -0.4 is 10.6 Å². The third kappa shape index (κ3) is 1.20. The van der Waals surface area contributed by atoms with Gasteiger partial charge in [0.15, 0.2) is 0 Å². The summed E-state index contributed by atoms with van der Waals surface area (Å²) in [6, 6.07) is 7.43. The molecule has 2 aliphatic heterocycles. The summed E-state index contributed by atoms with van der Waals surface area (Å²) in [4.78, 5) is 4.45. The van der Waals surface area contributed by atoms with Gasteiger partial charge < -0.3 is 10.6 Å². The van der Waals surface area contributed by atoms with Crippen molar-refractivity contribution in [3.05, 3.63) is 23.9 Å². The molecule has 1 aromatic rings. The van der Waals surface area contributed by atoms with Gasteiger partial charge >= 0.3 is 0 Å². The van der Waals surface area contributed by atoms with E-state index in [1.54, 1.807) is 0 Å². The van der Waals surface area contributed by atoms with Crippen molar-refractivity contribution in [3.8, 4) is 0 Å². The molecule has 1 saturated carbocycles. The molecular formula is C11H15N3. The summed E-state index contributed by atoms with van der Waals surface area (Å²) >= 11 is 0. The monoisotopic (exact) mass is 189 g/mol. The van der Waals surface area contributed by atoms with Crippen molar-refractivity contribution in [3.63, 3.8) is 0 Å². The van der Waals surface area contributed by atoms with Crippen LogP contribution in [0.4, 0.5) is 5.82 Å². The number of pyridine rings is 1. The average molecular weight is 189 g/mol. The number of anilines is 1. The van der Waals surface area contributed by atoms with Crippen molar-refractivity contribution in [2.75, 3.05) is 11.9 Å². The van der Waals surface area contributed by atoms with Gasteiger partial charge in [0.1, 0.15) is 5.82 Å². The SMILES string of the molecule is Cc1cccc(NC2C3CNC2C3)n1. The molecule has 3 aliphatic rings. The smallest absolute Gasteiger partial charge is 0.126 e. The van der Waals surface area contributed by atoms with E-state index in [-0.39, 0.29) is 0 Å². The van der Waals surface area contributed by atoms with Crippen molar-refractivity contribution in [2.45, 2.75) is 25.4 Å². The van der Waals surface area contributed by atoms with E-state index in [2.05, 4.69) is 21.7 Å². The van der Waals surface area contributed by atoms with Crippen LogP contribution in [0.3, 0.4) is 0 Å². The van der Waals surface area contributed by atoms with Crippen molar-refractivity contribution >= 4 is 5.82 Å². The first-order valence-electron chi connectivity index (χ1n) is 5.26. The second-order valence-corrected chi connectivity index (χ2v) is 4.34. The fraction of sp³-hybridized carbons (Fsp3) is 0.545. The first-order chi connectivity index (χ1) is 6.83. The van der Waals surface area contributed by atoms with E-state index in [1.807, 2.05) is 19.1 Å². The Balaban J connectivity index is 1.73. The number of nitrogens with zero attached hydrogens (tertiary/aromatic N) is 1. The highest BCUT2D eigenvalue weighted by Gasteiger charge is 2.46. The van der Waals surface area contributed by atoms with E-state index < -0.39 is 0 Å². The normalized spacial score (nSPS) is 33.9. The molecule has 3 heteroatoms. The average Bonchev–Trinajstić information content (AvgIpc) is 2.75. The first-order valence-corrected chi connectivity index (χ1v) is 5.26. The van der Waals surface area contributed by atoms with Crippen molar-refractivity contribution in [2.24, 2.45) is 5.92 Å². The number of nitrogens with one attached hydrogen (secondary N) is 2.